The molecule has 0 aromatic heterocycles. The molecule has 2 N–H and O–H groups in total. The van der Waals surface area contributed by atoms with E-state index in [0.29, 0.717) is 0 Å². The molecule has 15 heavy (non-hydrogen) atoms. The summed E-state index contributed by atoms with van der Waals surface area (Å²) in [7, 11) is -3.59. The van der Waals surface area contributed by atoms with Gasteiger partial charge in [-0.05, 0) is 6.07 Å². The first-order valence-corrected chi connectivity index (χ1v) is 5.94. The molecule has 0 heterocycles. The van der Waals surface area contributed by atoms with E-state index in [1.54, 1.807) is 0 Å². The third kappa shape index (κ3) is 2.37. The fourth-order valence-electron chi connectivity index (χ4n) is 1.02. The maximum absolute atomic E-state index is 11.2. The minimum Gasteiger partial charge on any atom is -0.398 e. The minimum atomic E-state index is -3.59. The van der Waals surface area contributed by atoms with E-state index in [9.17, 15) is 18.5 Å². The molecule has 0 aliphatic carbocycles. The van der Waals surface area contributed by atoms with Crippen LogP contribution in [0.25, 0.3) is 0 Å². The van der Waals surface area contributed by atoms with Crippen molar-refractivity contribution in [1.82, 2.24) is 0 Å². The molecule has 0 bridgehead atoms. The SMILES string of the molecule is CS(=O)(=O)c1cc([N+](=O)[O-])c(Cl)cc1N. The first-order valence-electron chi connectivity index (χ1n) is 3.67. The summed E-state index contributed by atoms with van der Waals surface area (Å²) >= 11 is 5.53. The molecule has 1 aromatic rings. The molecule has 0 unspecified atom stereocenters. The van der Waals surface area contributed by atoms with E-state index in [-0.39, 0.29) is 15.6 Å². The fourth-order valence-corrected chi connectivity index (χ4v) is 2.07. The Morgan fingerprint density at radius 2 is 2.00 bits per heavy atom. The van der Waals surface area contributed by atoms with Crippen LogP contribution in [-0.2, 0) is 9.84 Å². The summed E-state index contributed by atoms with van der Waals surface area (Å²) in [6.07, 6.45) is 0.913. The van der Waals surface area contributed by atoms with E-state index in [1.165, 1.54) is 0 Å². The summed E-state index contributed by atoms with van der Waals surface area (Å²) in [5.41, 5.74) is 4.81. The van der Waals surface area contributed by atoms with Gasteiger partial charge in [-0.3, -0.25) is 10.1 Å². The van der Waals surface area contributed by atoms with E-state index in [4.69, 9.17) is 17.3 Å². The van der Waals surface area contributed by atoms with Gasteiger partial charge in [0.25, 0.3) is 5.69 Å². The van der Waals surface area contributed by atoms with Crippen LogP contribution >= 0.6 is 11.6 Å². The standard InChI is InChI=1S/C7H7ClN2O4S/c1-15(13,14)7-3-6(10(11)12)4(8)2-5(7)9/h2-3H,9H2,1H3. The summed E-state index contributed by atoms with van der Waals surface area (Å²) in [6, 6.07) is 1.91. The number of nitrogens with zero attached hydrogens (tertiary/aromatic N) is 1. The van der Waals surface area contributed by atoms with Gasteiger partial charge < -0.3 is 5.73 Å². The third-order valence-corrected chi connectivity index (χ3v) is 3.13. The molecule has 6 nitrogen and oxygen atoms in total. The van der Waals surface area contributed by atoms with Gasteiger partial charge in [-0.1, -0.05) is 11.6 Å². The lowest BCUT2D eigenvalue weighted by Gasteiger charge is -2.04. The number of nitrogen functional groups attached to an aromatic ring is 1. The number of nitrogens with two attached hydrogens (primary N) is 1. The Balaban J connectivity index is 3.58. The molecule has 0 radical (unpaired) electrons. The van der Waals surface area contributed by atoms with E-state index >= 15 is 0 Å². The van der Waals surface area contributed by atoms with Crippen molar-refractivity contribution in [2.75, 3.05) is 12.0 Å². The highest BCUT2D eigenvalue weighted by Crippen LogP contribution is 2.31. The van der Waals surface area contributed by atoms with Gasteiger partial charge >= 0.3 is 0 Å². The van der Waals surface area contributed by atoms with Gasteiger partial charge in [-0.2, -0.15) is 0 Å². The van der Waals surface area contributed by atoms with E-state index in [1.807, 2.05) is 0 Å². The second kappa shape index (κ2) is 3.67. The first kappa shape index (κ1) is 11.7. The zero-order valence-corrected chi connectivity index (χ0v) is 9.17. The number of hydrogen-bond donors (Lipinski definition) is 1. The van der Waals surface area contributed by atoms with Gasteiger partial charge in [0, 0.05) is 12.3 Å². The average Bonchev–Trinajstić information content (AvgIpc) is 2.00. The Kier molecular flexibility index (Phi) is 2.87. The van der Waals surface area contributed by atoms with Crippen molar-refractivity contribution in [3.63, 3.8) is 0 Å². The van der Waals surface area contributed by atoms with E-state index < -0.39 is 20.4 Å². The van der Waals surface area contributed by atoms with Crippen LogP contribution < -0.4 is 5.73 Å². The van der Waals surface area contributed by atoms with Crippen LogP contribution in [-0.4, -0.2) is 19.6 Å². The highest BCUT2D eigenvalue weighted by molar-refractivity contribution is 7.90. The Bertz CT molecular complexity index is 526. The van der Waals surface area contributed by atoms with Crippen LogP contribution in [0.3, 0.4) is 0 Å². The molecule has 0 aliphatic heterocycles. The van der Waals surface area contributed by atoms with E-state index in [2.05, 4.69) is 0 Å². The predicted molar refractivity (Wildman–Crippen MR) is 55.6 cm³/mol. The number of rotatable bonds is 2. The van der Waals surface area contributed by atoms with Crippen LogP contribution in [0, 0.1) is 10.1 Å². The zero-order valence-electron chi connectivity index (χ0n) is 7.60. The maximum atomic E-state index is 11.2. The monoisotopic (exact) mass is 250 g/mol. The molecule has 0 amide bonds. The van der Waals surface area contributed by atoms with E-state index in [0.717, 1.165) is 18.4 Å². The highest BCUT2D eigenvalue weighted by Gasteiger charge is 2.20. The lowest BCUT2D eigenvalue weighted by Crippen LogP contribution is -2.04. The summed E-state index contributed by atoms with van der Waals surface area (Å²) < 4.78 is 22.4. The van der Waals surface area contributed by atoms with Crippen LogP contribution in [0.1, 0.15) is 0 Å². The Hall–Kier alpha value is -1.34. The molecule has 0 fully saturated rings. The Morgan fingerprint density at radius 1 is 1.47 bits per heavy atom. The van der Waals surface area contributed by atoms with Gasteiger partial charge in [-0.15, -0.1) is 0 Å². The summed E-state index contributed by atoms with van der Waals surface area (Å²) in [6.45, 7) is 0. The van der Waals surface area contributed by atoms with Gasteiger partial charge in [0.1, 0.15) is 5.02 Å². The van der Waals surface area contributed by atoms with Crippen LogP contribution in [0.4, 0.5) is 11.4 Å². The molecule has 1 rings (SSSR count). The summed E-state index contributed by atoms with van der Waals surface area (Å²) in [5, 5.41) is 10.3. The molecule has 0 saturated heterocycles. The third-order valence-electron chi connectivity index (χ3n) is 1.68. The first-order chi connectivity index (χ1) is 6.73. The largest absolute Gasteiger partial charge is 0.398 e. The number of hydrogen-bond acceptors (Lipinski definition) is 5. The number of halogens is 1. The molecule has 0 saturated carbocycles. The van der Waals surface area contributed by atoms with Gasteiger partial charge in [-0.25, -0.2) is 8.42 Å². The maximum Gasteiger partial charge on any atom is 0.289 e. The number of nitro groups is 1. The molecule has 1 aromatic carbocycles. The Morgan fingerprint density at radius 3 is 2.40 bits per heavy atom. The quantitative estimate of drug-likeness (QED) is 0.483. The second-order valence-corrected chi connectivity index (χ2v) is 5.26. The minimum absolute atomic E-state index is 0.104. The van der Waals surface area contributed by atoms with Gasteiger partial charge in [0.2, 0.25) is 0 Å². The molecule has 0 atom stereocenters. The fraction of sp³-hybridized carbons (Fsp3) is 0.143. The summed E-state index contributed by atoms with van der Waals surface area (Å²) in [5.74, 6) is 0. The summed E-state index contributed by atoms with van der Waals surface area (Å²) in [4.78, 5) is 9.44. The van der Waals surface area contributed by atoms with Gasteiger partial charge in [0.15, 0.2) is 9.84 Å². The number of anilines is 1. The van der Waals surface area contributed by atoms with Crippen molar-refractivity contribution in [2.24, 2.45) is 0 Å². The van der Waals surface area contributed by atoms with Crippen molar-refractivity contribution in [1.29, 1.82) is 0 Å². The lowest BCUT2D eigenvalue weighted by molar-refractivity contribution is -0.384. The molecule has 8 heteroatoms. The number of nitro benzene ring substituents is 1. The number of sulfone groups is 1. The van der Waals surface area contributed by atoms with Crippen molar-refractivity contribution in [3.05, 3.63) is 27.3 Å². The van der Waals surface area contributed by atoms with Crippen LogP contribution in [0.5, 0.6) is 0 Å². The van der Waals surface area contributed by atoms with Crippen LogP contribution in [0.15, 0.2) is 17.0 Å². The molecular formula is C7H7ClN2O4S. The smallest absolute Gasteiger partial charge is 0.289 e. The molecule has 0 aliphatic rings. The average molecular weight is 251 g/mol. The second-order valence-electron chi connectivity index (χ2n) is 2.87. The van der Waals surface area contributed by atoms with Crippen molar-refractivity contribution >= 4 is 32.8 Å². The topological polar surface area (TPSA) is 103 Å². The molecular weight excluding hydrogens is 244 g/mol. The zero-order chi connectivity index (χ0) is 11.8. The van der Waals surface area contributed by atoms with Crippen molar-refractivity contribution in [2.45, 2.75) is 4.90 Å². The number of benzene rings is 1. The lowest BCUT2D eigenvalue weighted by atomic mass is 10.3. The Labute approximate surface area is 90.7 Å². The van der Waals surface area contributed by atoms with Crippen molar-refractivity contribution in [3.8, 4) is 0 Å². The van der Waals surface area contributed by atoms with Crippen molar-refractivity contribution < 1.29 is 13.3 Å². The normalized spacial score (nSPS) is 11.3. The van der Waals surface area contributed by atoms with Crippen LogP contribution in [0.2, 0.25) is 5.02 Å². The highest BCUT2D eigenvalue weighted by atomic mass is 35.5. The predicted octanol–water partition coefficient (Wildman–Crippen LogP) is 1.23. The molecule has 82 valence electrons. The molecule has 0 spiro atoms. The van der Waals surface area contributed by atoms with Gasteiger partial charge in [0.05, 0.1) is 15.5 Å².